The SMILES string of the molecule is Cc1cc2cc(C(C)(C)C)cc(Br)c2[nH]c1=O. The molecule has 0 saturated carbocycles. The standard InChI is InChI=1S/C14H16BrNO/c1-8-5-9-6-10(14(2,3)4)7-11(15)12(9)16-13(8)17/h5-7H,1-4H3,(H,16,17). The van der Waals surface area contributed by atoms with Gasteiger partial charge in [0, 0.05) is 10.0 Å². The highest BCUT2D eigenvalue weighted by molar-refractivity contribution is 9.10. The number of hydrogen-bond acceptors (Lipinski definition) is 1. The Hall–Kier alpha value is -1.09. The average Bonchev–Trinajstić information content (AvgIpc) is 2.19. The number of aryl methyl sites for hydroxylation is 1. The van der Waals surface area contributed by atoms with Gasteiger partial charge in [-0.15, -0.1) is 0 Å². The second kappa shape index (κ2) is 3.98. The number of hydrogen-bond donors (Lipinski definition) is 1. The quantitative estimate of drug-likeness (QED) is 0.785. The summed E-state index contributed by atoms with van der Waals surface area (Å²) in [6, 6.07) is 6.16. The van der Waals surface area contributed by atoms with Gasteiger partial charge in [-0.1, -0.05) is 20.8 Å². The molecule has 0 fully saturated rings. The van der Waals surface area contributed by atoms with Crippen molar-refractivity contribution in [3.05, 3.63) is 44.2 Å². The highest BCUT2D eigenvalue weighted by Crippen LogP contribution is 2.30. The number of H-pyrrole nitrogens is 1. The minimum atomic E-state index is -0.0262. The highest BCUT2D eigenvalue weighted by atomic mass is 79.9. The molecule has 17 heavy (non-hydrogen) atoms. The lowest BCUT2D eigenvalue weighted by atomic mass is 9.86. The van der Waals surface area contributed by atoms with Gasteiger partial charge in [-0.25, -0.2) is 0 Å². The van der Waals surface area contributed by atoms with Crippen LogP contribution in [0.1, 0.15) is 31.9 Å². The second-order valence-corrected chi connectivity index (χ2v) is 6.31. The first-order valence-electron chi connectivity index (χ1n) is 5.63. The Kier molecular flexibility index (Phi) is 2.90. The minimum Gasteiger partial charge on any atom is -0.321 e. The molecule has 0 aliphatic rings. The lowest BCUT2D eigenvalue weighted by molar-refractivity contribution is 0.590. The number of fused-ring (bicyclic) bond motifs is 1. The second-order valence-electron chi connectivity index (χ2n) is 5.45. The molecule has 90 valence electrons. The maximum Gasteiger partial charge on any atom is 0.251 e. The van der Waals surface area contributed by atoms with E-state index in [1.54, 1.807) is 0 Å². The highest BCUT2D eigenvalue weighted by Gasteiger charge is 2.16. The third-order valence-corrected chi connectivity index (χ3v) is 3.58. The summed E-state index contributed by atoms with van der Waals surface area (Å²) in [5, 5.41) is 1.07. The molecule has 0 bridgehead atoms. The summed E-state index contributed by atoms with van der Waals surface area (Å²) >= 11 is 3.53. The zero-order chi connectivity index (χ0) is 12.8. The van der Waals surface area contributed by atoms with E-state index in [2.05, 4.69) is 53.8 Å². The Balaban J connectivity index is 2.83. The predicted octanol–water partition coefficient (Wildman–Crippen LogP) is 3.90. The maximum absolute atomic E-state index is 11.6. The number of aromatic amines is 1. The molecule has 3 heteroatoms. The van der Waals surface area contributed by atoms with Gasteiger partial charge in [0.15, 0.2) is 0 Å². The Bertz CT molecular complexity index is 635. The van der Waals surface area contributed by atoms with Crippen LogP contribution in [0.25, 0.3) is 10.9 Å². The van der Waals surface area contributed by atoms with E-state index in [-0.39, 0.29) is 11.0 Å². The Morgan fingerprint density at radius 3 is 2.41 bits per heavy atom. The van der Waals surface area contributed by atoms with Gasteiger partial charge < -0.3 is 4.98 Å². The van der Waals surface area contributed by atoms with Crippen LogP contribution in [0.5, 0.6) is 0 Å². The van der Waals surface area contributed by atoms with Crippen molar-refractivity contribution in [2.75, 3.05) is 0 Å². The summed E-state index contributed by atoms with van der Waals surface area (Å²) in [6.07, 6.45) is 0. The minimum absolute atomic E-state index is 0.0262. The van der Waals surface area contributed by atoms with E-state index in [1.165, 1.54) is 5.56 Å². The van der Waals surface area contributed by atoms with E-state index >= 15 is 0 Å². The monoisotopic (exact) mass is 293 g/mol. The molecular weight excluding hydrogens is 278 g/mol. The lowest BCUT2D eigenvalue weighted by Gasteiger charge is -2.20. The van der Waals surface area contributed by atoms with Gasteiger partial charge in [0.1, 0.15) is 0 Å². The van der Waals surface area contributed by atoms with Gasteiger partial charge in [-0.3, -0.25) is 4.79 Å². The molecule has 0 spiro atoms. The van der Waals surface area contributed by atoms with Gasteiger partial charge in [0.25, 0.3) is 5.56 Å². The summed E-state index contributed by atoms with van der Waals surface area (Å²) in [7, 11) is 0. The summed E-state index contributed by atoms with van der Waals surface area (Å²) in [5.41, 5.74) is 2.94. The van der Waals surface area contributed by atoms with Crippen LogP contribution in [-0.4, -0.2) is 4.98 Å². The number of benzene rings is 1. The van der Waals surface area contributed by atoms with Gasteiger partial charge in [0.05, 0.1) is 5.52 Å². The molecular formula is C14H16BrNO. The fourth-order valence-electron chi connectivity index (χ4n) is 1.82. The molecule has 0 aliphatic heterocycles. The Morgan fingerprint density at radius 1 is 1.18 bits per heavy atom. The molecule has 0 aliphatic carbocycles. The molecule has 0 saturated heterocycles. The zero-order valence-electron chi connectivity index (χ0n) is 10.5. The van der Waals surface area contributed by atoms with Gasteiger partial charge in [0.2, 0.25) is 0 Å². The van der Waals surface area contributed by atoms with E-state index < -0.39 is 0 Å². The normalized spacial score (nSPS) is 12.1. The van der Waals surface area contributed by atoms with Crippen molar-refractivity contribution in [2.24, 2.45) is 0 Å². The van der Waals surface area contributed by atoms with Crippen molar-refractivity contribution in [1.82, 2.24) is 4.98 Å². The summed E-state index contributed by atoms with van der Waals surface area (Å²) in [4.78, 5) is 14.5. The maximum atomic E-state index is 11.6. The Labute approximate surface area is 109 Å². The summed E-state index contributed by atoms with van der Waals surface area (Å²) in [6.45, 7) is 8.37. The molecule has 0 atom stereocenters. The van der Waals surface area contributed by atoms with E-state index in [9.17, 15) is 4.79 Å². The van der Waals surface area contributed by atoms with Crippen LogP contribution in [0.2, 0.25) is 0 Å². The lowest BCUT2D eigenvalue weighted by Crippen LogP contribution is -2.13. The fourth-order valence-corrected chi connectivity index (χ4v) is 2.39. The van der Waals surface area contributed by atoms with Crippen LogP contribution in [0.15, 0.2) is 27.5 Å². The van der Waals surface area contributed by atoms with Crippen molar-refractivity contribution >= 4 is 26.8 Å². The molecule has 2 nitrogen and oxygen atoms in total. The third kappa shape index (κ3) is 2.29. The van der Waals surface area contributed by atoms with E-state index in [0.29, 0.717) is 0 Å². The van der Waals surface area contributed by atoms with Crippen molar-refractivity contribution < 1.29 is 0 Å². The molecule has 1 heterocycles. The number of halogens is 1. The van der Waals surface area contributed by atoms with Gasteiger partial charge in [-0.2, -0.15) is 0 Å². The van der Waals surface area contributed by atoms with Crippen molar-refractivity contribution in [3.8, 4) is 0 Å². The first-order valence-corrected chi connectivity index (χ1v) is 6.42. The van der Waals surface area contributed by atoms with E-state index in [4.69, 9.17) is 0 Å². The number of rotatable bonds is 0. The number of pyridine rings is 1. The largest absolute Gasteiger partial charge is 0.321 e. The third-order valence-electron chi connectivity index (χ3n) is 2.96. The molecule has 0 radical (unpaired) electrons. The van der Waals surface area contributed by atoms with Gasteiger partial charge in [-0.05, 0) is 57.4 Å². The van der Waals surface area contributed by atoms with Crippen molar-refractivity contribution in [2.45, 2.75) is 33.1 Å². The average molecular weight is 294 g/mol. The molecule has 1 aromatic carbocycles. The van der Waals surface area contributed by atoms with E-state index in [1.807, 2.05) is 13.0 Å². The van der Waals surface area contributed by atoms with Crippen LogP contribution in [-0.2, 0) is 5.41 Å². The van der Waals surface area contributed by atoms with E-state index in [0.717, 1.165) is 20.9 Å². The zero-order valence-corrected chi connectivity index (χ0v) is 12.1. The summed E-state index contributed by atoms with van der Waals surface area (Å²) in [5.74, 6) is 0. The molecule has 2 rings (SSSR count). The van der Waals surface area contributed by atoms with Crippen molar-refractivity contribution in [1.29, 1.82) is 0 Å². The molecule has 0 unspecified atom stereocenters. The van der Waals surface area contributed by atoms with Crippen LogP contribution >= 0.6 is 15.9 Å². The molecule has 1 aromatic heterocycles. The fraction of sp³-hybridized carbons (Fsp3) is 0.357. The van der Waals surface area contributed by atoms with Gasteiger partial charge >= 0.3 is 0 Å². The first-order chi connectivity index (χ1) is 7.79. The van der Waals surface area contributed by atoms with Crippen LogP contribution in [0.3, 0.4) is 0 Å². The number of aromatic nitrogens is 1. The van der Waals surface area contributed by atoms with Crippen molar-refractivity contribution in [3.63, 3.8) is 0 Å². The predicted molar refractivity (Wildman–Crippen MR) is 75.7 cm³/mol. The smallest absolute Gasteiger partial charge is 0.251 e. The van der Waals surface area contributed by atoms with Crippen LogP contribution in [0.4, 0.5) is 0 Å². The molecule has 0 amide bonds. The summed E-state index contributed by atoms with van der Waals surface area (Å²) < 4.78 is 0.942. The first kappa shape index (κ1) is 12.4. The Morgan fingerprint density at radius 2 is 1.82 bits per heavy atom. The number of nitrogens with one attached hydrogen (secondary N) is 1. The van der Waals surface area contributed by atoms with Crippen LogP contribution in [0, 0.1) is 6.92 Å². The molecule has 1 N–H and O–H groups in total. The van der Waals surface area contributed by atoms with Crippen LogP contribution < -0.4 is 5.56 Å². The topological polar surface area (TPSA) is 32.9 Å². The molecule has 2 aromatic rings.